The normalized spacial score (nSPS) is 15.0. The van der Waals surface area contributed by atoms with Crippen molar-refractivity contribution in [2.75, 3.05) is 31.1 Å². The number of alkyl halides is 3. The molecule has 1 aromatic carbocycles. The molecule has 0 spiro atoms. The van der Waals surface area contributed by atoms with Gasteiger partial charge in [0.05, 0.1) is 10.4 Å². The van der Waals surface area contributed by atoms with E-state index in [9.17, 15) is 18.0 Å². The van der Waals surface area contributed by atoms with Crippen LogP contribution >= 0.6 is 11.3 Å². The zero-order valence-electron chi connectivity index (χ0n) is 15.7. The van der Waals surface area contributed by atoms with Crippen LogP contribution in [0.3, 0.4) is 0 Å². The minimum Gasteiger partial charge on any atom is -0.368 e. The van der Waals surface area contributed by atoms with Crippen molar-refractivity contribution >= 4 is 22.9 Å². The molecule has 0 atom stereocenters. The second-order valence-electron chi connectivity index (χ2n) is 6.84. The molecule has 0 bridgehead atoms. The number of thiophene rings is 1. The molecule has 2 aromatic heterocycles. The van der Waals surface area contributed by atoms with E-state index in [1.54, 1.807) is 40.1 Å². The van der Waals surface area contributed by atoms with E-state index in [0.717, 1.165) is 22.7 Å². The van der Waals surface area contributed by atoms with E-state index in [4.69, 9.17) is 0 Å². The first-order valence-corrected chi connectivity index (χ1v) is 10.0. The van der Waals surface area contributed by atoms with Gasteiger partial charge in [0.2, 0.25) is 0 Å². The summed E-state index contributed by atoms with van der Waals surface area (Å²) in [4.78, 5) is 17.5. The maximum absolute atomic E-state index is 13.0. The van der Waals surface area contributed by atoms with Gasteiger partial charge in [-0.25, -0.2) is 0 Å². The molecule has 152 valence electrons. The van der Waals surface area contributed by atoms with Crippen molar-refractivity contribution < 1.29 is 18.0 Å². The molecule has 0 aliphatic carbocycles. The Labute approximate surface area is 170 Å². The van der Waals surface area contributed by atoms with Crippen molar-refractivity contribution in [3.8, 4) is 10.6 Å². The van der Waals surface area contributed by atoms with Gasteiger partial charge in [0.15, 0.2) is 0 Å². The Morgan fingerprint density at radius 3 is 2.48 bits per heavy atom. The number of amides is 1. The summed E-state index contributed by atoms with van der Waals surface area (Å²) in [6, 6.07) is 11.0. The van der Waals surface area contributed by atoms with Crippen molar-refractivity contribution in [1.82, 2.24) is 14.7 Å². The SMILES string of the molecule is Cn1nc(-c2cccs2)cc1C(=O)N1CCN(c2cccc(C(F)(F)F)c2)CC1. The number of nitrogens with zero attached hydrogens (tertiary/aromatic N) is 4. The molecule has 0 radical (unpaired) electrons. The Bertz CT molecular complexity index is 1010. The molecule has 3 heterocycles. The van der Waals surface area contributed by atoms with Crippen molar-refractivity contribution in [3.63, 3.8) is 0 Å². The number of carbonyl (C=O) groups is 1. The van der Waals surface area contributed by atoms with Gasteiger partial charge in [-0.05, 0) is 35.7 Å². The summed E-state index contributed by atoms with van der Waals surface area (Å²) in [5, 5.41) is 6.38. The van der Waals surface area contributed by atoms with Crippen molar-refractivity contribution in [2.24, 2.45) is 7.05 Å². The van der Waals surface area contributed by atoms with Crippen LogP contribution in [-0.2, 0) is 13.2 Å². The Hall–Kier alpha value is -2.81. The van der Waals surface area contributed by atoms with E-state index in [2.05, 4.69) is 5.10 Å². The summed E-state index contributed by atoms with van der Waals surface area (Å²) < 4.78 is 40.4. The third-order valence-electron chi connectivity index (χ3n) is 4.98. The maximum Gasteiger partial charge on any atom is 0.416 e. The lowest BCUT2D eigenvalue weighted by molar-refractivity contribution is -0.137. The van der Waals surface area contributed by atoms with E-state index in [0.29, 0.717) is 37.6 Å². The average molecular weight is 420 g/mol. The fourth-order valence-electron chi connectivity index (χ4n) is 3.42. The number of halogens is 3. The Kier molecular flexibility index (Phi) is 5.08. The minimum atomic E-state index is -4.37. The molecular weight excluding hydrogens is 401 g/mol. The summed E-state index contributed by atoms with van der Waals surface area (Å²) in [7, 11) is 1.74. The third-order valence-corrected chi connectivity index (χ3v) is 5.87. The van der Waals surface area contributed by atoms with Crippen LogP contribution in [0.4, 0.5) is 18.9 Å². The van der Waals surface area contributed by atoms with Gasteiger partial charge in [0, 0.05) is 38.9 Å². The second kappa shape index (κ2) is 7.55. The van der Waals surface area contributed by atoms with Gasteiger partial charge in [-0.15, -0.1) is 11.3 Å². The topological polar surface area (TPSA) is 41.4 Å². The van der Waals surface area contributed by atoms with Gasteiger partial charge in [0.1, 0.15) is 11.4 Å². The molecule has 1 saturated heterocycles. The number of benzene rings is 1. The average Bonchev–Trinajstić information content (AvgIpc) is 3.37. The predicted molar refractivity (Wildman–Crippen MR) is 106 cm³/mol. The summed E-state index contributed by atoms with van der Waals surface area (Å²) in [6.07, 6.45) is -4.37. The lowest BCUT2D eigenvalue weighted by Crippen LogP contribution is -2.49. The molecule has 5 nitrogen and oxygen atoms in total. The molecule has 29 heavy (non-hydrogen) atoms. The first kappa shape index (κ1) is 19.5. The van der Waals surface area contributed by atoms with E-state index in [-0.39, 0.29) is 5.91 Å². The van der Waals surface area contributed by atoms with Crippen LogP contribution in [0.25, 0.3) is 10.6 Å². The van der Waals surface area contributed by atoms with Crippen LogP contribution in [0.2, 0.25) is 0 Å². The molecular formula is C20H19F3N4OS. The maximum atomic E-state index is 13.0. The number of anilines is 1. The molecule has 0 saturated carbocycles. The molecule has 1 amide bonds. The smallest absolute Gasteiger partial charge is 0.368 e. The van der Waals surface area contributed by atoms with Gasteiger partial charge in [-0.3, -0.25) is 9.48 Å². The Balaban J connectivity index is 1.44. The van der Waals surface area contributed by atoms with E-state index in [1.165, 1.54) is 6.07 Å². The van der Waals surface area contributed by atoms with Crippen LogP contribution in [0.15, 0.2) is 47.8 Å². The Morgan fingerprint density at radius 1 is 1.07 bits per heavy atom. The molecule has 0 N–H and O–H groups in total. The van der Waals surface area contributed by atoms with Gasteiger partial charge in [-0.2, -0.15) is 18.3 Å². The molecule has 1 aliphatic rings. The van der Waals surface area contributed by atoms with Crippen LogP contribution < -0.4 is 4.90 Å². The summed E-state index contributed by atoms with van der Waals surface area (Å²) >= 11 is 1.56. The molecule has 4 rings (SSSR count). The third kappa shape index (κ3) is 4.00. The minimum absolute atomic E-state index is 0.119. The number of carbonyl (C=O) groups excluding carboxylic acids is 1. The lowest BCUT2D eigenvalue weighted by Gasteiger charge is -2.36. The molecule has 0 unspecified atom stereocenters. The van der Waals surface area contributed by atoms with Crippen molar-refractivity contribution in [3.05, 3.63) is 59.1 Å². The van der Waals surface area contributed by atoms with Crippen LogP contribution in [-0.4, -0.2) is 46.8 Å². The summed E-state index contributed by atoms with van der Waals surface area (Å²) in [5.41, 5.74) is 1.12. The fourth-order valence-corrected chi connectivity index (χ4v) is 4.10. The molecule has 1 fully saturated rings. The van der Waals surface area contributed by atoms with E-state index >= 15 is 0 Å². The van der Waals surface area contributed by atoms with Gasteiger partial charge in [0.25, 0.3) is 5.91 Å². The zero-order valence-corrected chi connectivity index (χ0v) is 16.5. The largest absolute Gasteiger partial charge is 0.416 e. The van der Waals surface area contributed by atoms with Crippen LogP contribution in [0.5, 0.6) is 0 Å². The van der Waals surface area contributed by atoms with Crippen LogP contribution in [0, 0.1) is 0 Å². The molecule has 1 aliphatic heterocycles. The number of hydrogen-bond donors (Lipinski definition) is 0. The lowest BCUT2D eigenvalue weighted by atomic mass is 10.1. The highest BCUT2D eigenvalue weighted by Gasteiger charge is 2.31. The highest BCUT2D eigenvalue weighted by molar-refractivity contribution is 7.13. The number of aryl methyl sites for hydroxylation is 1. The predicted octanol–water partition coefficient (Wildman–Crippen LogP) is 4.13. The molecule has 3 aromatic rings. The van der Waals surface area contributed by atoms with Gasteiger partial charge >= 0.3 is 6.18 Å². The number of piperazine rings is 1. The number of aromatic nitrogens is 2. The van der Waals surface area contributed by atoms with E-state index in [1.807, 2.05) is 22.4 Å². The second-order valence-corrected chi connectivity index (χ2v) is 7.79. The van der Waals surface area contributed by atoms with Gasteiger partial charge < -0.3 is 9.80 Å². The monoisotopic (exact) mass is 420 g/mol. The number of rotatable bonds is 3. The highest BCUT2D eigenvalue weighted by atomic mass is 32.1. The summed E-state index contributed by atoms with van der Waals surface area (Å²) in [5.74, 6) is -0.119. The van der Waals surface area contributed by atoms with Crippen molar-refractivity contribution in [2.45, 2.75) is 6.18 Å². The van der Waals surface area contributed by atoms with Crippen molar-refractivity contribution in [1.29, 1.82) is 0 Å². The number of hydrogen-bond acceptors (Lipinski definition) is 4. The summed E-state index contributed by atoms with van der Waals surface area (Å²) in [6.45, 7) is 1.83. The standard InChI is InChI=1S/C20H19F3N4OS/c1-25-17(13-16(24-25)18-6-3-11-29-18)19(28)27-9-7-26(8-10-27)15-5-2-4-14(12-15)20(21,22)23/h2-6,11-13H,7-10H2,1H3. The van der Waals surface area contributed by atoms with Gasteiger partial charge in [-0.1, -0.05) is 12.1 Å². The fraction of sp³-hybridized carbons (Fsp3) is 0.300. The molecule has 9 heteroatoms. The highest BCUT2D eigenvalue weighted by Crippen LogP contribution is 2.32. The first-order valence-electron chi connectivity index (χ1n) is 9.12. The quantitative estimate of drug-likeness (QED) is 0.640. The van der Waals surface area contributed by atoms with E-state index < -0.39 is 11.7 Å². The first-order chi connectivity index (χ1) is 13.8. The van der Waals surface area contributed by atoms with Crippen LogP contribution in [0.1, 0.15) is 16.1 Å². The zero-order chi connectivity index (χ0) is 20.6. The Morgan fingerprint density at radius 2 is 1.83 bits per heavy atom.